The molecule has 0 aliphatic heterocycles. The van der Waals surface area contributed by atoms with Gasteiger partial charge in [0.25, 0.3) is 0 Å². The summed E-state index contributed by atoms with van der Waals surface area (Å²) in [7, 11) is 0. The average molecular weight is 239 g/mol. The van der Waals surface area contributed by atoms with Crippen molar-refractivity contribution < 1.29 is 4.74 Å². The van der Waals surface area contributed by atoms with Crippen LogP contribution in [0.1, 0.15) is 58.3 Å². The van der Waals surface area contributed by atoms with Crippen LogP contribution in [0.3, 0.4) is 0 Å². The Morgan fingerprint density at radius 1 is 1.12 bits per heavy atom. The molecule has 1 atom stereocenters. The second-order valence-corrected chi connectivity index (χ2v) is 5.87. The highest BCUT2D eigenvalue weighted by molar-refractivity contribution is 4.79. The number of ether oxygens (including phenoxy) is 1. The molecule has 0 amide bonds. The lowest BCUT2D eigenvalue weighted by Crippen LogP contribution is -2.41. The maximum Gasteiger partial charge on any atom is 0.0622 e. The van der Waals surface area contributed by atoms with Gasteiger partial charge in [-0.2, -0.15) is 0 Å². The molecule has 2 fully saturated rings. The summed E-state index contributed by atoms with van der Waals surface area (Å²) in [6, 6.07) is 0.611. The van der Waals surface area contributed by atoms with Gasteiger partial charge in [-0.25, -0.2) is 0 Å². The van der Waals surface area contributed by atoms with E-state index in [1.54, 1.807) is 0 Å². The molecule has 1 N–H and O–H groups in total. The van der Waals surface area contributed by atoms with Gasteiger partial charge in [-0.3, -0.25) is 0 Å². The summed E-state index contributed by atoms with van der Waals surface area (Å²) in [6.07, 6.45) is 11.3. The molecular formula is C15H29NO. The SMILES string of the molecule is CCNC(COCCC1CC1)C1CCCCC1. The Labute approximate surface area is 107 Å². The van der Waals surface area contributed by atoms with Gasteiger partial charge in [0.15, 0.2) is 0 Å². The molecule has 100 valence electrons. The Morgan fingerprint density at radius 3 is 2.53 bits per heavy atom. The number of nitrogens with one attached hydrogen (secondary N) is 1. The van der Waals surface area contributed by atoms with Crippen LogP contribution in [0, 0.1) is 11.8 Å². The van der Waals surface area contributed by atoms with Crippen molar-refractivity contribution in [2.75, 3.05) is 19.8 Å². The van der Waals surface area contributed by atoms with Crippen molar-refractivity contribution in [1.82, 2.24) is 5.32 Å². The largest absolute Gasteiger partial charge is 0.380 e. The fourth-order valence-electron chi connectivity index (χ4n) is 3.03. The molecular weight excluding hydrogens is 210 g/mol. The minimum atomic E-state index is 0.611. The molecule has 0 aromatic carbocycles. The Balaban J connectivity index is 1.63. The second kappa shape index (κ2) is 7.38. The Morgan fingerprint density at radius 2 is 1.88 bits per heavy atom. The minimum absolute atomic E-state index is 0.611. The molecule has 0 heterocycles. The van der Waals surface area contributed by atoms with Gasteiger partial charge in [-0.05, 0) is 37.6 Å². The van der Waals surface area contributed by atoms with E-state index in [0.29, 0.717) is 6.04 Å². The molecule has 0 aromatic heterocycles. The second-order valence-electron chi connectivity index (χ2n) is 5.87. The molecule has 0 aromatic rings. The summed E-state index contributed by atoms with van der Waals surface area (Å²) in [4.78, 5) is 0. The van der Waals surface area contributed by atoms with Gasteiger partial charge in [-0.1, -0.05) is 39.0 Å². The zero-order chi connectivity index (χ0) is 11.9. The number of hydrogen-bond donors (Lipinski definition) is 1. The molecule has 2 aliphatic carbocycles. The zero-order valence-electron chi connectivity index (χ0n) is 11.4. The highest BCUT2D eigenvalue weighted by atomic mass is 16.5. The highest BCUT2D eigenvalue weighted by Crippen LogP contribution is 2.32. The molecule has 0 saturated heterocycles. The van der Waals surface area contributed by atoms with Crippen molar-refractivity contribution in [3.63, 3.8) is 0 Å². The van der Waals surface area contributed by atoms with Crippen molar-refractivity contribution >= 4 is 0 Å². The fourth-order valence-corrected chi connectivity index (χ4v) is 3.03. The van der Waals surface area contributed by atoms with Crippen LogP contribution >= 0.6 is 0 Å². The van der Waals surface area contributed by atoms with Crippen LogP contribution < -0.4 is 5.32 Å². The Kier molecular flexibility index (Phi) is 5.79. The van der Waals surface area contributed by atoms with E-state index in [0.717, 1.165) is 31.6 Å². The van der Waals surface area contributed by atoms with Crippen molar-refractivity contribution in [1.29, 1.82) is 0 Å². The summed E-state index contributed by atoms with van der Waals surface area (Å²) < 4.78 is 5.89. The van der Waals surface area contributed by atoms with E-state index < -0.39 is 0 Å². The first-order valence-corrected chi connectivity index (χ1v) is 7.71. The van der Waals surface area contributed by atoms with Crippen molar-refractivity contribution in [3.05, 3.63) is 0 Å². The molecule has 2 saturated carbocycles. The van der Waals surface area contributed by atoms with E-state index in [1.807, 2.05) is 0 Å². The van der Waals surface area contributed by atoms with E-state index >= 15 is 0 Å². The van der Waals surface area contributed by atoms with Crippen LogP contribution in [0.2, 0.25) is 0 Å². The van der Waals surface area contributed by atoms with E-state index in [2.05, 4.69) is 12.2 Å². The monoisotopic (exact) mass is 239 g/mol. The Hall–Kier alpha value is -0.0800. The molecule has 0 radical (unpaired) electrons. The normalized spacial score (nSPS) is 23.8. The minimum Gasteiger partial charge on any atom is -0.380 e. The van der Waals surface area contributed by atoms with Crippen LogP contribution in [0.4, 0.5) is 0 Å². The van der Waals surface area contributed by atoms with Gasteiger partial charge < -0.3 is 10.1 Å². The summed E-state index contributed by atoms with van der Waals surface area (Å²) in [5.41, 5.74) is 0. The topological polar surface area (TPSA) is 21.3 Å². The smallest absolute Gasteiger partial charge is 0.0622 e. The van der Waals surface area contributed by atoms with Crippen LogP contribution in [-0.2, 0) is 4.74 Å². The fraction of sp³-hybridized carbons (Fsp3) is 1.00. The van der Waals surface area contributed by atoms with Gasteiger partial charge in [-0.15, -0.1) is 0 Å². The summed E-state index contributed by atoms with van der Waals surface area (Å²) in [6.45, 7) is 5.21. The lowest BCUT2D eigenvalue weighted by Gasteiger charge is -2.30. The average Bonchev–Trinajstić information content (AvgIpc) is 3.18. The first kappa shape index (κ1) is 13.4. The van der Waals surface area contributed by atoms with Crippen LogP contribution in [0.25, 0.3) is 0 Å². The van der Waals surface area contributed by atoms with Crippen molar-refractivity contribution in [2.45, 2.75) is 64.3 Å². The maximum atomic E-state index is 5.89. The van der Waals surface area contributed by atoms with E-state index in [9.17, 15) is 0 Å². The van der Waals surface area contributed by atoms with Crippen molar-refractivity contribution in [2.24, 2.45) is 11.8 Å². The lowest BCUT2D eigenvalue weighted by molar-refractivity contribution is 0.0811. The van der Waals surface area contributed by atoms with Gasteiger partial charge in [0.2, 0.25) is 0 Å². The third kappa shape index (κ3) is 4.97. The lowest BCUT2D eigenvalue weighted by atomic mass is 9.84. The predicted molar refractivity (Wildman–Crippen MR) is 72.2 cm³/mol. The van der Waals surface area contributed by atoms with E-state index in [4.69, 9.17) is 4.74 Å². The molecule has 2 rings (SSSR count). The quantitative estimate of drug-likeness (QED) is 0.656. The molecule has 17 heavy (non-hydrogen) atoms. The van der Waals surface area contributed by atoms with Crippen LogP contribution in [0.15, 0.2) is 0 Å². The van der Waals surface area contributed by atoms with Crippen molar-refractivity contribution in [3.8, 4) is 0 Å². The van der Waals surface area contributed by atoms with Crippen LogP contribution in [0.5, 0.6) is 0 Å². The van der Waals surface area contributed by atoms with E-state index in [-0.39, 0.29) is 0 Å². The van der Waals surface area contributed by atoms with Gasteiger partial charge in [0.05, 0.1) is 6.61 Å². The zero-order valence-corrected chi connectivity index (χ0v) is 11.4. The molecule has 2 aliphatic rings. The maximum absolute atomic E-state index is 5.89. The number of rotatable bonds is 8. The highest BCUT2D eigenvalue weighted by Gasteiger charge is 2.24. The molecule has 0 bridgehead atoms. The molecule has 1 unspecified atom stereocenters. The number of hydrogen-bond acceptors (Lipinski definition) is 2. The van der Waals surface area contributed by atoms with Gasteiger partial charge in [0.1, 0.15) is 0 Å². The molecule has 2 nitrogen and oxygen atoms in total. The third-order valence-electron chi connectivity index (χ3n) is 4.35. The van der Waals surface area contributed by atoms with Crippen LogP contribution in [-0.4, -0.2) is 25.8 Å². The first-order valence-electron chi connectivity index (χ1n) is 7.71. The molecule has 0 spiro atoms. The first-order chi connectivity index (χ1) is 8.40. The molecule has 2 heteroatoms. The van der Waals surface area contributed by atoms with Gasteiger partial charge >= 0.3 is 0 Å². The summed E-state index contributed by atoms with van der Waals surface area (Å²) in [5, 5.41) is 3.63. The third-order valence-corrected chi connectivity index (χ3v) is 4.35. The number of likely N-dealkylation sites (N-methyl/N-ethyl adjacent to an activating group) is 1. The predicted octanol–water partition coefficient (Wildman–Crippen LogP) is 3.36. The van der Waals surface area contributed by atoms with E-state index in [1.165, 1.54) is 51.4 Å². The summed E-state index contributed by atoms with van der Waals surface area (Å²) >= 11 is 0. The van der Waals surface area contributed by atoms with Gasteiger partial charge in [0, 0.05) is 12.6 Å². The summed E-state index contributed by atoms with van der Waals surface area (Å²) in [5.74, 6) is 1.87. The standard InChI is InChI=1S/C15H29NO/c1-2-16-15(14-6-4-3-5-7-14)12-17-11-10-13-8-9-13/h13-16H,2-12H2,1H3. The Bertz CT molecular complexity index is 197.